The fourth-order valence-electron chi connectivity index (χ4n) is 0. The molecule has 0 fully saturated rings. The Balaban J connectivity index is 0. The average molecular weight is 322 g/mol. The van der Waals surface area contributed by atoms with Crippen molar-refractivity contribution in [2.45, 2.75) is 0 Å². The quantitative estimate of drug-likeness (QED) is 0.416. The van der Waals surface area contributed by atoms with Crippen molar-refractivity contribution in [3.05, 3.63) is 0 Å². The molecule has 6 heavy (non-hydrogen) atoms. The maximum Gasteiger partial charge on any atom is 0 e. The summed E-state index contributed by atoms with van der Waals surface area (Å²) in [6, 6.07) is 0. The van der Waals surface area contributed by atoms with E-state index in [1.807, 2.05) is 0 Å². The van der Waals surface area contributed by atoms with Gasteiger partial charge in [0.1, 0.15) is 0 Å². The first-order valence-electron chi connectivity index (χ1n) is 0. The van der Waals surface area contributed by atoms with Gasteiger partial charge in [-0.25, -0.2) is 0 Å². The van der Waals surface area contributed by atoms with Crippen molar-refractivity contribution in [3.63, 3.8) is 0 Å². The monoisotopic (exact) mass is 317 g/mol. The van der Waals surface area contributed by atoms with Crippen LogP contribution in [0.5, 0.6) is 0 Å². The second-order valence-electron chi connectivity index (χ2n) is 0. The van der Waals surface area contributed by atoms with Crippen molar-refractivity contribution < 1.29 is 103 Å². The Morgan fingerprint density at radius 1 is 0.333 bits per heavy atom. The summed E-state index contributed by atoms with van der Waals surface area (Å²) in [5, 5.41) is 0. The third kappa shape index (κ3) is 29.2. The standard InChI is InChI=1S/5ClH.Nd/h5*1H;/p-5. The average Bonchev–Trinajstić information content (AvgIpc) is 0. The van der Waals surface area contributed by atoms with Gasteiger partial charge in [0, 0.05) is 40.8 Å². The second kappa shape index (κ2) is 46.0. The molecule has 44 valence electrons. The maximum atomic E-state index is 0. The molecule has 0 aromatic carbocycles. The van der Waals surface area contributed by atoms with E-state index in [0.29, 0.717) is 0 Å². The predicted octanol–water partition coefficient (Wildman–Crippen LogP) is -15.0. The van der Waals surface area contributed by atoms with E-state index in [0.717, 1.165) is 0 Å². The summed E-state index contributed by atoms with van der Waals surface area (Å²) in [4.78, 5) is 0. The summed E-state index contributed by atoms with van der Waals surface area (Å²) >= 11 is 0. The molecular formula is Cl5Nd-5. The molecule has 0 aromatic rings. The molecule has 0 aliphatic heterocycles. The topological polar surface area (TPSA) is 0 Å². The fraction of sp³-hybridized carbons (Fsp3) is 0. The first-order valence-corrected chi connectivity index (χ1v) is 0. The Kier molecular flexibility index (Phi) is 523. The minimum Gasteiger partial charge on any atom is -1.00 e. The van der Waals surface area contributed by atoms with Gasteiger partial charge < -0.3 is 62.0 Å². The summed E-state index contributed by atoms with van der Waals surface area (Å²) in [6.45, 7) is 0. The Bertz CT molecular complexity index is 3.90. The minimum absolute atomic E-state index is 0. The van der Waals surface area contributed by atoms with Gasteiger partial charge in [0.2, 0.25) is 0 Å². The molecule has 0 aliphatic carbocycles. The molecule has 0 saturated carbocycles. The van der Waals surface area contributed by atoms with Gasteiger partial charge in [-0.3, -0.25) is 0 Å². The fourth-order valence-corrected chi connectivity index (χ4v) is 0. The molecule has 0 atom stereocenters. The van der Waals surface area contributed by atoms with Gasteiger partial charge in [0.15, 0.2) is 0 Å². The minimum atomic E-state index is 0. The van der Waals surface area contributed by atoms with E-state index in [2.05, 4.69) is 0 Å². The van der Waals surface area contributed by atoms with Gasteiger partial charge in [0.25, 0.3) is 0 Å². The number of halogens is 5. The second-order valence-corrected chi connectivity index (χ2v) is 0. The molecule has 0 aliphatic rings. The number of hydrogen-bond donors (Lipinski definition) is 0. The summed E-state index contributed by atoms with van der Waals surface area (Å²) in [7, 11) is 0. The van der Waals surface area contributed by atoms with Crippen LogP contribution in [-0.4, -0.2) is 0 Å². The van der Waals surface area contributed by atoms with E-state index >= 15 is 0 Å². The van der Waals surface area contributed by atoms with Crippen molar-refractivity contribution in [1.82, 2.24) is 0 Å². The largest absolute Gasteiger partial charge is 1.00 e. The van der Waals surface area contributed by atoms with Crippen LogP contribution in [0.25, 0.3) is 0 Å². The van der Waals surface area contributed by atoms with E-state index in [-0.39, 0.29) is 103 Å². The molecule has 0 heterocycles. The van der Waals surface area contributed by atoms with Crippen LogP contribution < -0.4 is 62.0 Å². The Hall–Kier alpha value is 2.80. The SMILES string of the molecule is [Cl-].[Cl-].[Cl-].[Cl-].[Cl-].[Nd]. The van der Waals surface area contributed by atoms with E-state index < -0.39 is 0 Å². The van der Waals surface area contributed by atoms with Gasteiger partial charge in [-0.15, -0.1) is 0 Å². The van der Waals surface area contributed by atoms with Crippen molar-refractivity contribution >= 4 is 0 Å². The third-order valence-corrected chi connectivity index (χ3v) is 0. The number of rotatable bonds is 0. The zero-order chi connectivity index (χ0) is 0. The van der Waals surface area contributed by atoms with Crippen LogP contribution in [0.4, 0.5) is 0 Å². The van der Waals surface area contributed by atoms with Crippen LogP contribution in [0.15, 0.2) is 0 Å². The molecule has 0 radical (unpaired) electrons. The van der Waals surface area contributed by atoms with E-state index in [4.69, 9.17) is 0 Å². The van der Waals surface area contributed by atoms with Crippen LogP contribution in [0.2, 0.25) is 0 Å². The van der Waals surface area contributed by atoms with Gasteiger partial charge in [-0.1, -0.05) is 0 Å². The van der Waals surface area contributed by atoms with E-state index in [1.54, 1.807) is 0 Å². The molecule has 0 bridgehead atoms. The van der Waals surface area contributed by atoms with Gasteiger partial charge in [-0.2, -0.15) is 0 Å². The van der Waals surface area contributed by atoms with Crippen LogP contribution in [0.1, 0.15) is 0 Å². The van der Waals surface area contributed by atoms with Crippen LogP contribution in [-0.2, 0) is 0 Å². The Morgan fingerprint density at radius 2 is 0.333 bits per heavy atom. The molecule has 6 heteroatoms. The zero-order valence-electron chi connectivity index (χ0n) is 2.39. The predicted molar refractivity (Wildman–Crippen MR) is 0 cm³/mol. The van der Waals surface area contributed by atoms with Crippen LogP contribution in [0.3, 0.4) is 0 Å². The molecule has 0 N–H and O–H groups in total. The molecule has 0 unspecified atom stereocenters. The summed E-state index contributed by atoms with van der Waals surface area (Å²) in [5.41, 5.74) is 0. The Morgan fingerprint density at radius 3 is 0.333 bits per heavy atom. The van der Waals surface area contributed by atoms with Crippen LogP contribution in [0, 0.1) is 40.8 Å². The molecule has 0 aromatic heterocycles. The van der Waals surface area contributed by atoms with E-state index in [9.17, 15) is 0 Å². The molecular weight excluding hydrogens is 322 g/mol. The summed E-state index contributed by atoms with van der Waals surface area (Å²) in [5.74, 6) is 0. The van der Waals surface area contributed by atoms with Crippen LogP contribution >= 0.6 is 0 Å². The van der Waals surface area contributed by atoms with Gasteiger partial charge in [0.05, 0.1) is 0 Å². The van der Waals surface area contributed by atoms with E-state index in [1.165, 1.54) is 0 Å². The van der Waals surface area contributed by atoms with Crippen molar-refractivity contribution in [2.24, 2.45) is 0 Å². The van der Waals surface area contributed by atoms with Crippen molar-refractivity contribution in [2.75, 3.05) is 0 Å². The normalized spacial score (nSPS) is 0. The third-order valence-electron chi connectivity index (χ3n) is 0. The first-order chi connectivity index (χ1) is 0. The maximum absolute atomic E-state index is 0. The van der Waals surface area contributed by atoms with Crippen molar-refractivity contribution in [1.29, 1.82) is 0 Å². The Labute approximate surface area is 101 Å². The zero-order valence-corrected chi connectivity index (χ0v) is 9.38. The first kappa shape index (κ1) is 68.3. The smallest absolute Gasteiger partial charge is 0 e. The molecule has 0 spiro atoms. The summed E-state index contributed by atoms with van der Waals surface area (Å²) < 4.78 is 0. The molecule has 0 saturated heterocycles. The van der Waals surface area contributed by atoms with Gasteiger partial charge >= 0.3 is 0 Å². The molecule has 0 nitrogen and oxygen atoms in total. The number of hydrogen-bond acceptors (Lipinski definition) is 0. The van der Waals surface area contributed by atoms with Gasteiger partial charge in [-0.05, 0) is 0 Å². The summed E-state index contributed by atoms with van der Waals surface area (Å²) in [6.07, 6.45) is 0. The molecule has 0 amide bonds. The molecule has 0 rings (SSSR count). The van der Waals surface area contributed by atoms with Crippen molar-refractivity contribution in [3.8, 4) is 0 Å².